The molecule has 1 aliphatic rings. The van der Waals surface area contributed by atoms with E-state index in [0.717, 1.165) is 28.0 Å². The molecule has 0 N–H and O–H groups in total. The summed E-state index contributed by atoms with van der Waals surface area (Å²) in [4.78, 5) is 48.8. The summed E-state index contributed by atoms with van der Waals surface area (Å²) in [5.74, 6) is -0.621. The van der Waals surface area contributed by atoms with Crippen LogP contribution < -0.4 is 16.1 Å². The zero-order valence-electron chi connectivity index (χ0n) is 16.2. The van der Waals surface area contributed by atoms with Crippen LogP contribution in [0.2, 0.25) is 0 Å². The first-order chi connectivity index (χ1) is 14.0. The molecular weight excluding hydrogens is 378 g/mol. The van der Waals surface area contributed by atoms with Gasteiger partial charge in [0.1, 0.15) is 6.33 Å². The quantitative estimate of drug-likeness (QED) is 0.585. The van der Waals surface area contributed by atoms with Crippen molar-refractivity contribution in [3.8, 4) is 0 Å². The molecule has 4 rings (SSSR count). The number of aryl methyl sites for hydroxylation is 1. The maximum absolute atomic E-state index is 12.7. The Morgan fingerprint density at radius 1 is 1.17 bits per heavy atom. The van der Waals surface area contributed by atoms with Crippen LogP contribution >= 0.6 is 0 Å². The minimum Gasteiger partial charge on any atom is -0.379 e. The molecule has 2 aromatic heterocycles. The molecule has 0 radical (unpaired) electrons. The molecule has 1 saturated heterocycles. The van der Waals surface area contributed by atoms with Crippen LogP contribution in [0, 0.1) is 0 Å². The molecule has 0 amide bonds. The van der Waals surface area contributed by atoms with Crippen molar-refractivity contribution in [3.63, 3.8) is 0 Å². The minimum atomic E-state index is -0.621. The highest BCUT2D eigenvalue weighted by Gasteiger charge is 2.18. The molecule has 3 aromatic rings. The van der Waals surface area contributed by atoms with Crippen molar-refractivity contribution in [1.82, 2.24) is 23.7 Å². The number of nitrogens with zero attached hydrogens (tertiary/aromatic N) is 5. The number of benzene rings is 1. The molecule has 0 unspecified atom stereocenters. The van der Waals surface area contributed by atoms with Gasteiger partial charge in [0.15, 0.2) is 11.2 Å². The fraction of sp³-hybridized carbons (Fsp3) is 0.368. The van der Waals surface area contributed by atoms with Crippen LogP contribution in [0.4, 0.5) is 0 Å². The van der Waals surface area contributed by atoms with Crippen molar-refractivity contribution in [3.05, 3.63) is 62.6 Å². The van der Waals surface area contributed by atoms with Gasteiger partial charge in [0.05, 0.1) is 18.8 Å². The Hall–Kier alpha value is -3.24. The number of carbonyl (C=O) groups excluding carboxylic acids is 1. The van der Waals surface area contributed by atoms with Gasteiger partial charge in [0, 0.05) is 33.7 Å². The third-order valence-electron chi connectivity index (χ3n) is 4.97. The number of fused-ring (bicyclic) bond motifs is 1. The van der Waals surface area contributed by atoms with E-state index in [9.17, 15) is 14.4 Å². The Morgan fingerprint density at radius 2 is 1.93 bits per heavy atom. The van der Waals surface area contributed by atoms with Gasteiger partial charge in [-0.05, 0) is 17.7 Å². The van der Waals surface area contributed by atoms with Gasteiger partial charge in [0.2, 0.25) is 0 Å². The van der Waals surface area contributed by atoms with E-state index < -0.39 is 17.2 Å². The Labute approximate surface area is 165 Å². The van der Waals surface area contributed by atoms with Crippen molar-refractivity contribution < 1.29 is 14.4 Å². The molecule has 0 spiro atoms. The maximum atomic E-state index is 12.7. The SMILES string of the molecule is Cn1c(=O)c2c(ncn2OC(=O)c2cccc(CN3CCOCC3)c2)n(C)c1=O. The zero-order chi connectivity index (χ0) is 20.5. The van der Waals surface area contributed by atoms with E-state index in [4.69, 9.17) is 9.57 Å². The van der Waals surface area contributed by atoms with Gasteiger partial charge in [-0.3, -0.25) is 18.8 Å². The zero-order valence-corrected chi connectivity index (χ0v) is 16.2. The molecule has 29 heavy (non-hydrogen) atoms. The lowest BCUT2D eigenvalue weighted by Crippen LogP contribution is -2.38. The third kappa shape index (κ3) is 3.59. The van der Waals surface area contributed by atoms with Gasteiger partial charge in [-0.2, -0.15) is 4.73 Å². The summed E-state index contributed by atoms with van der Waals surface area (Å²) in [5.41, 5.74) is 0.415. The number of rotatable bonds is 4. The lowest BCUT2D eigenvalue weighted by atomic mass is 10.1. The predicted octanol–water partition coefficient (Wildman–Crippen LogP) is -0.465. The first-order valence-corrected chi connectivity index (χ1v) is 9.20. The number of hydrogen-bond donors (Lipinski definition) is 0. The maximum Gasteiger partial charge on any atom is 0.363 e. The van der Waals surface area contributed by atoms with Crippen molar-refractivity contribution in [2.45, 2.75) is 6.54 Å². The molecular formula is C19H21N5O5. The van der Waals surface area contributed by atoms with E-state index in [1.807, 2.05) is 6.07 Å². The van der Waals surface area contributed by atoms with Crippen molar-refractivity contribution in [1.29, 1.82) is 0 Å². The van der Waals surface area contributed by atoms with E-state index in [0.29, 0.717) is 25.3 Å². The Morgan fingerprint density at radius 3 is 2.69 bits per heavy atom. The topological polar surface area (TPSA) is 101 Å². The van der Waals surface area contributed by atoms with Crippen LogP contribution in [0.25, 0.3) is 11.2 Å². The minimum absolute atomic E-state index is 0.0208. The Bertz CT molecular complexity index is 1190. The van der Waals surface area contributed by atoms with Gasteiger partial charge in [-0.15, -0.1) is 0 Å². The smallest absolute Gasteiger partial charge is 0.363 e. The molecule has 0 aliphatic carbocycles. The average molecular weight is 399 g/mol. The highest BCUT2D eigenvalue weighted by atomic mass is 16.7. The second-order valence-corrected chi connectivity index (χ2v) is 6.92. The van der Waals surface area contributed by atoms with E-state index in [1.54, 1.807) is 18.2 Å². The summed E-state index contributed by atoms with van der Waals surface area (Å²) in [7, 11) is 2.86. The highest BCUT2D eigenvalue weighted by Crippen LogP contribution is 2.11. The largest absolute Gasteiger partial charge is 0.379 e. The van der Waals surface area contributed by atoms with Crippen LogP contribution in [0.15, 0.2) is 40.2 Å². The van der Waals surface area contributed by atoms with Crippen LogP contribution in [0.3, 0.4) is 0 Å². The van der Waals surface area contributed by atoms with Crippen molar-refractivity contribution in [2.75, 3.05) is 26.3 Å². The van der Waals surface area contributed by atoms with E-state index >= 15 is 0 Å². The lowest BCUT2D eigenvalue weighted by molar-refractivity contribution is 0.0341. The number of imidazole rings is 1. The summed E-state index contributed by atoms with van der Waals surface area (Å²) in [6, 6.07) is 7.16. The molecule has 0 bridgehead atoms. The molecule has 10 heteroatoms. The molecule has 0 atom stereocenters. The average Bonchev–Trinajstić information content (AvgIpc) is 3.15. The second kappa shape index (κ2) is 7.64. The predicted molar refractivity (Wildman–Crippen MR) is 104 cm³/mol. The van der Waals surface area contributed by atoms with E-state index in [1.165, 1.54) is 25.0 Å². The van der Waals surface area contributed by atoms with Gasteiger partial charge >= 0.3 is 11.7 Å². The normalized spacial score (nSPS) is 15.0. The molecule has 152 valence electrons. The van der Waals surface area contributed by atoms with Crippen molar-refractivity contribution >= 4 is 17.1 Å². The number of aromatic nitrogens is 4. The van der Waals surface area contributed by atoms with Crippen LogP contribution in [0.1, 0.15) is 15.9 Å². The standard InChI is InChI=1S/C19H21N5O5/c1-21-16-15(17(25)22(2)19(21)27)24(12-20-16)29-18(26)14-5-3-4-13(10-14)11-23-6-8-28-9-7-23/h3-5,10,12H,6-9,11H2,1-2H3. The molecule has 1 aliphatic heterocycles. The monoisotopic (exact) mass is 399 g/mol. The summed E-state index contributed by atoms with van der Waals surface area (Å²) in [5, 5.41) is 0. The number of ether oxygens (including phenoxy) is 1. The van der Waals surface area contributed by atoms with E-state index in [-0.39, 0.29) is 11.2 Å². The Balaban J connectivity index is 1.59. The summed E-state index contributed by atoms with van der Waals surface area (Å²) < 4.78 is 8.53. The number of morpholine rings is 1. The number of carbonyl (C=O) groups is 1. The highest BCUT2D eigenvalue weighted by molar-refractivity contribution is 5.90. The fourth-order valence-electron chi connectivity index (χ4n) is 3.35. The van der Waals surface area contributed by atoms with Crippen LogP contribution in [-0.4, -0.2) is 56.0 Å². The first-order valence-electron chi connectivity index (χ1n) is 9.20. The van der Waals surface area contributed by atoms with Gasteiger partial charge in [-0.1, -0.05) is 12.1 Å². The van der Waals surface area contributed by atoms with Gasteiger partial charge < -0.3 is 9.57 Å². The summed E-state index contributed by atoms with van der Waals surface area (Å²) >= 11 is 0. The first kappa shape index (κ1) is 19.1. The van der Waals surface area contributed by atoms with E-state index in [2.05, 4.69) is 9.88 Å². The van der Waals surface area contributed by atoms with Crippen LogP contribution in [-0.2, 0) is 25.4 Å². The third-order valence-corrected chi connectivity index (χ3v) is 4.97. The summed E-state index contributed by atoms with van der Waals surface area (Å²) in [6.45, 7) is 3.80. The Kier molecular flexibility index (Phi) is 5.03. The van der Waals surface area contributed by atoms with Crippen LogP contribution in [0.5, 0.6) is 0 Å². The number of hydrogen-bond acceptors (Lipinski definition) is 7. The molecule has 3 heterocycles. The van der Waals surface area contributed by atoms with Gasteiger partial charge in [-0.25, -0.2) is 14.6 Å². The fourth-order valence-corrected chi connectivity index (χ4v) is 3.35. The molecule has 0 saturated carbocycles. The molecule has 1 fully saturated rings. The molecule has 10 nitrogen and oxygen atoms in total. The van der Waals surface area contributed by atoms with Crippen molar-refractivity contribution in [2.24, 2.45) is 14.1 Å². The second-order valence-electron chi connectivity index (χ2n) is 6.92. The lowest BCUT2D eigenvalue weighted by Gasteiger charge is -2.26. The van der Waals surface area contributed by atoms with Gasteiger partial charge in [0.25, 0.3) is 5.56 Å². The summed E-state index contributed by atoms with van der Waals surface area (Å²) in [6.07, 6.45) is 1.21. The molecule has 1 aromatic carbocycles.